The van der Waals surface area contributed by atoms with Crippen molar-refractivity contribution in [1.29, 1.82) is 0 Å². The minimum atomic E-state index is -3.07. The highest BCUT2D eigenvalue weighted by atomic mass is 32.2. The van der Waals surface area contributed by atoms with Gasteiger partial charge in [0.05, 0.1) is 17.3 Å². The van der Waals surface area contributed by atoms with E-state index in [0.29, 0.717) is 18.9 Å². The standard InChI is InChI=1S/C17H26N2O4S/c1-12(2)5-7-19-10-13-14(6-9-24(21,22)16(13)11-19)18-17(20)15-4-3-8-23-15/h3-4,8,12-14,16H,5-7,9-11H2,1-2H3,(H,18,20)/t13-,14-,16+/m1/s1. The van der Waals surface area contributed by atoms with Crippen LogP contribution in [0.25, 0.3) is 0 Å². The molecule has 3 rings (SSSR count). The van der Waals surface area contributed by atoms with E-state index in [9.17, 15) is 13.2 Å². The first kappa shape index (κ1) is 17.5. The Kier molecular flexibility index (Phi) is 5.01. The van der Waals surface area contributed by atoms with Crippen molar-refractivity contribution >= 4 is 15.7 Å². The highest BCUT2D eigenvalue weighted by Gasteiger charge is 2.48. The van der Waals surface area contributed by atoms with Crippen LogP contribution in [0.4, 0.5) is 0 Å². The summed E-state index contributed by atoms with van der Waals surface area (Å²) < 4.78 is 30.0. The van der Waals surface area contributed by atoms with Gasteiger partial charge in [-0.3, -0.25) is 4.79 Å². The second-order valence-corrected chi connectivity index (χ2v) is 9.70. The molecular weight excluding hydrogens is 328 g/mol. The van der Waals surface area contributed by atoms with Gasteiger partial charge in [0, 0.05) is 25.0 Å². The molecule has 2 saturated heterocycles. The minimum absolute atomic E-state index is 0.0326. The van der Waals surface area contributed by atoms with E-state index in [1.54, 1.807) is 12.1 Å². The molecule has 6 nitrogen and oxygen atoms in total. The number of hydrogen-bond donors (Lipinski definition) is 1. The summed E-state index contributed by atoms with van der Waals surface area (Å²) in [6, 6.07) is 3.18. The highest BCUT2D eigenvalue weighted by Crippen LogP contribution is 2.33. The van der Waals surface area contributed by atoms with Crippen molar-refractivity contribution in [3.05, 3.63) is 24.2 Å². The van der Waals surface area contributed by atoms with E-state index >= 15 is 0 Å². The van der Waals surface area contributed by atoms with Crippen LogP contribution in [0.3, 0.4) is 0 Å². The molecule has 0 radical (unpaired) electrons. The second kappa shape index (κ2) is 6.88. The van der Waals surface area contributed by atoms with Gasteiger partial charge in [-0.15, -0.1) is 0 Å². The molecule has 24 heavy (non-hydrogen) atoms. The van der Waals surface area contributed by atoms with Gasteiger partial charge in [0.2, 0.25) is 0 Å². The van der Waals surface area contributed by atoms with Crippen molar-refractivity contribution < 1.29 is 17.6 Å². The van der Waals surface area contributed by atoms with E-state index in [1.165, 1.54) is 6.26 Å². The van der Waals surface area contributed by atoms with Gasteiger partial charge in [-0.1, -0.05) is 13.8 Å². The molecule has 1 aromatic heterocycles. The number of fused-ring (bicyclic) bond motifs is 1. The molecule has 0 saturated carbocycles. The molecule has 2 aliphatic rings. The Bertz CT molecular complexity index is 669. The summed E-state index contributed by atoms with van der Waals surface area (Å²) in [6.07, 6.45) is 3.00. The SMILES string of the molecule is CC(C)CCN1C[C@@H]2[C@H](NC(=O)c3ccco3)CCS(=O)(=O)[C@H]2C1. The molecule has 2 aliphatic heterocycles. The lowest BCUT2D eigenvalue weighted by Gasteiger charge is -2.33. The fourth-order valence-corrected chi connectivity index (χ4v) is 5.88. The minimum Gasteiger partial charge on any atom is -0.459 e. The summed E-state index contributed by atoms with van der Waals surface area (Å²) in [7, 11) is -3.07. The van der Waals surface area contributed by atoms with E-state index in [4.69, 9.17) is 4.42 Å². The van der Waals surface area contributed by atoms with Crippen LogP contribution in [0.1, 0.15) is 37.2 Å². The van der Waals surface area contributed by atoms with Crippen molar-refractivity contribution in [3.8, 4) is 0 Å². The average molecular weight is 354 g/mol. The van der Waals surface area contributed by atoms with Gasteiger partial charge >= 0.3 is 0 Å². The monoisotopic (exact) mass is 354 g/mol. The van der Waals surface area contributed by atoms with Crippen LogP contribution in [-0.2, 0) is 9.84 Å². The number of nitrogens with one attached hydrogen (secondary N) is 1. The Morgan fingerprint density at radius 1 is 1.42 bits per heavy atom. The van der Waals surface area contributed by atoms with Crippen LogP contribution >= 0.6 is 0 Å². The number of nitrogens with zero attached hydrogens (tertiary/aromatic N) is 1. The molecule has 1 aromatic rings. The van der Waals surface area contributed by atoms with Gasteiger partial charge in [0.1, 0.15) is 0 Å². The van der Waals surface area contributed by atoms with E-state index in [1.807, 2.05) is 0 Å². The number of sulfone groups is 1. The van der Waals surface area contributed by atoms with E-state index < -0.39 is 9.84 Å². The zero-order chi connectivity index (χ0) is 17.3. The Balaban J connectivity index is 1.69. The molecule has 0 spiro atoms. The molecule has 7 heteroatoms. The van der Waals surface area contributed by atoms with Gasteiger partial charge in [0.25, 0.3) is 5.91 Å². The average Bonchev–Trinajstić information content (AvgIpc) is 3.17. The second-order valence-electron chi connectivity index (χ2n) is 7.36. The molecule has 1 amide bonds. The van der Waals surface area contributed by atoms with Crippen molar-refractivity contribution in [2.24, 2.45) is 11.8 Å². The van der Waals surface area contributed by atoms with E-state index in [2.05, 4.69) is 24.1 Å². The number of amides is 1. The maximum absolute atomic E-state index is 12.4. The van der Waals surface area contributed by atoms with Crippen molar-refractivity contribution in [2.45, 2.75) is 38.0 Å². The fourth-order valence-electron chi connectivity index (χ4n) is 3.75. The quantitative estimate of drug-likeness (QED) is 0.868. The lowest BCUT2D eigenvalue weighted by molar-refractivity contribution is 0.0891. The first-order valence-corrected chi connectivity index (χ1v) is 10.4. The van der Waals surface area contributed by atoms with E-state index in [0.717, 1.165) is 19.5 Å². The highest BCUT2D eigenvalue weighted by molar-refractivity contribution is 7.92. The van der Waals surface area contributed by atoms with Gasteiger partial charge < -0.3 is 14.6 Å². The smallest absolute Gasteiger partial charge is 0.287 e. The normalized spacial score (nSPS) is 29.5. The third kappa shape index (κ3) is 3.67. The van der Waals surface area contributed by atoms with Crippen LogP contribution < -0.4 is 5.32 Å². The number of carbonyl (C=O) groups is 1. The van der Waals surface area contributed by atoms with E-state index in [-0.39, 0.29) is 34.6 Å². The first-order chi connectivity index (χ1) is 11.4. The lowest BCUT2D eigenvalue weighted by Crippen LogP contribution is -2.51. The Hall–Kier alpha value is -1.34. The van der Waals surface area contributed by atoms with Gasteiger partial charge in [0.15, 0.2) is 15.6 Å². The summed E-state index contributed by atoms with van der Waals surface area (Å²) >= 11 is 0. The number of hydrogen-bond acceptors (Lipinski definition) is 5. The molecule has 0 aromatic carbocycles. The maximum atomic E-state index is 12.4. The summed E-state index contributed by atoms with van der Waals surface area (Å²) in [6.45, 7) is 6.59. The van der Waals surface area contributed by atoms with Crippen molar-refractivity contribution in [1.82, 2.24) is 10.2 Å². The number of carbonyl (C=O) groups excluding carboxylic acids is 1. The van der Waals surface area contributed by atoms with Gasteiger partial charge in [-0.05, 0) is 37.4 Å². The summed E-state index contributed by atoms with van der Waals surface area (Å²) in [5.41, 5.74) is 0. The largest absolute Gasteiger partial charge is 0.459 e. The van der Waals surface area contributed by atoms with Crippen molar-refractivity contribution in [2.75, 3.05) is 25.4 Å². The third-order valence-corrected chi connectivity index (χ3v) is 7.39. The van der Waals surface area contributed by atoms with Crippen LogP contribution in [0, 0.1) is 11.8 Å². The first-order valence-electron chi connectivity index (χ1n) is 8.65. The van der Waals surface area contributed by atoms with Crippen molar-refractivity contribution in [3.63, 3.8) is 0 Å². The molecule has 134 valence electrons. The molecule has 3 atom stereocenters. The summed E-state index contributed by atoms with van der Waals surface area (Å²) in [4.78, 5) is 14.5. The number of rotatable bonds is 5. The molecule has 0 bridgehead atoms. The topological polar surface area (TPSA) is 79.6 Å². The van der Waals surface area contributed by atoms with Gasteiger partial charge in [-0.25, -0.2) is 8.42 Å². The van der Waals surface area contributed by atoms with Crippen LogP contribution in [0.5, 0.6) is 0 Å². The Morgan fingerprint density at radius 2 is 2.21 bits per heavy atom. The summed E-state index contributed by atoms with van der Waals surface area (Å²) in [5.74, 6) is 0.724. The molecule has 2 fully saturated rings. The number of furan rings is 1. The summed E-state index contributed by atoms with van der Waals surface area (Å²) in [5, 5.41) is 2.63. The lowest BCUT2D eigenvalue weighted by atomic mass is 9.95. The van der Waals surface area contributed by atoms with Crippen LogP contribution in [0.15, 0.2) is 22.8 Å². The Labute approximate surface area is 143 Å². The fraction of sp³-hybridized carbons (Fsp3) is 0.706. The molecule has 1 N–H and O–H groups in total. The number of likely N-dealkylation sites (tertiary alicyclic amines) is 1. The zero-order valence-electron chi connectivity index (χ0n) is 14.3. The predicted octanol–water partition coefficient (Wildman–Crippen LogP) is 1.54. The van der Waals surface area contributed by atoms with Gasteiger partial charge in [-0.2, -0.15) is 0 Å². The maximum Gasteiger partial charge on any atom is 0.287 e. The third-order valence-electron chi connectivity index (χ3n) is 5.16. The molecular formula is C17H26N2O4S. The molecule has 0 unspecified atom stereocenters. The molecule has 0 aliphatic carbocycles. The Morgan fingerprint density at radius 3 is 2.88 bits per heavy atom. The zero-order valence-corrected chi connectivity index (χ0v) is 15.1. The van der Waals surface area contributed by atoms with Crippen LogP contribution in [-0.4, -0.2) is 55.9 Å². The molecule has 3 heterocycles. The predicted molar refractivity (Wildman–Crippen MR) is 91.5 cm³/mol. The van der Waals surface area contributed by atoms with Crippen LogP contribution in [0.2, 0.25) is 0 Å².